The number of nitrogens with zero attached hydrogens (tertiary/aromatic N) is 3. The lowest BCUT2D eigenvalue weighted by Crippen LogP contribution is -2.40. The third-order valence-electron chi connectivity index (χ3n) is 7.47. The van der Waals surface area contributed by atoms with Gasteiger partial charge in [0.15, 0.2) is 5.16 Å². The van der Waals surface area contributed by atoms with Gasteiger partial charge in [0.05, 0.1) is 6.04 Å². The van der Waals surface area contributed by atoms with Crippen LogP contribution in [-0.2, 0) is 17.6 Å². The number of likely N-dealkylation sites (tertiary alicyclic amines) is 1. The highest BCUT2D eigenvalue weighted by Gasteiger charge is 2.37. The molecule has 0 radical (unpaired) electrons. The number of rotatable bonds is 7. The standard InChI is InChI=1S/C33H33N5OS/c1-23(18-24-8-3-2-4-9-24)21-38-22-28(40-33-34-16-7-17-35-33)20-31(38)32(39)36-27-15-14-26-13-12-25-10-5-6-11-29(25)37-30(26)19-27/h2-11,14-19,28,31,37H,12-13,20-22H2,1H3,(H,36,39)/t28-,31-/m0/s1. The van der Waals surface area contributed by atoms with Gasteiger partial charge in [0.25, 0.3) is 0 Å². The minimum Gasteiger partial charge on any atom is -0.355 e. The van der Waals surface area contributed by atoms with Gasteiger partial charge < -0.3 is 10.6 Å². The highest BCUT2D eigenvalue weighted by molar-refractivity contribution is 7.99. The van der Waals surface area contributed by atoms with Crippen molar-refractivity contribution in [2.75, 3.05) is 23.7 Å². The van der Waals surface area contributed by atoms with Crippen LogP contribution in [0.25, 0.3) is 6.08 Å². The third kappa shape index (κ3) is 6.27. The largest absolute Gasteiger partial charge is 0.355 e. The molecule has 2 aliphatic heterocycles. The number of anilines is 3. The van der Waals surface area contributed by atoms with E-state index in [1.165, 1.54) is 22.3 Å². The van der Waals surface area contributed by atoms with E-state index in [4.69, 9.17) is 0 Å². The molecule has 4 aromatic rings. The number of hydrogen-bond acceptors (Lipinski definition) is 6. The van der Waals surface area contributed by atoms with Crippen molar-refractivity contribution in [3.05, 3.63) is 114 Å². The van der Waals surface area contributed by atoms with Gasteiger partial charge >= 0.3 is 0 Å². The smallest absolute Gasteiger partial charge is 0.241 e. The van der Waals surface area contributed by atoms with E-state index >= 15 is 0 Å². The van der Waals surface area contributed by atoms with Crippen LogP contribution in [-0.4, -0.2) is 45.2 Å². The predicted octanol–water partition coefficient (Wildman–Crippen LogP) is 6.60. The Morgan fingerprint density at radius 1 is 0.975 bits per heavy atom. The number of thioether (sulfide) groups is 1. The average Bonchev–Trinajstić information content (AvgIpc) is 3.25. The Labute approximate surface area is 239 Å². The van der Waals surface area contributed by atoms with Crippen molar-refractivity contribution in [3.63, 3.8) is 0 Å². The molecular weight excluding hydrogens is 514 g/mol. The van der Waals surface area contributed by atoms with E-state index in [2.05, 4.69) is 87.0 Å². The summed E-state index contributed by atoms with van der Waals surface area (Å²) >= 11 is 1.65. The quantitative estimate of drug-likeness (QED) is 0.254. The van der Waals surface area contributed by atoms with Crippen LogP contribution in [0.3, 0.4) is 0 Å². The van der Waals surface area contributed by atoms with Crippen molar-refractivity contribution in [2.24, 2.45) is 0 Å². The Balaban J connectivity index is 1.19. The number of carbonyl (C=O) groups excluding carboxylic acids is 1. The number of hydrogen-bond donors (Lipinski definition) is 2. The number of benzene rings is 3. The van der Waals surface area contributed by atoms with E-state index in [1.54, 1.807) is 24.2 Å². The Morgan fingerprint density at radius 2 is 1.73 bits per heavy atom. The number of nitrogens with one attached hydrogen (secondary N) is 2. The molecule has 6 nitrogen and oxygen atoms in total. The van der Waals surface area contributed by atoms with E-state index in [9.17, 15) is 4.79 Å². The molecule has 3 heterocycles. The van der Waals surface area contributed by atoms with E-state index in [0.29, 0.717) is 0 Å². The SMILES string of the molecule is CC(=Cc1ccccc1)CN1C[C@@H](Sc2ncccn2)C[C@H]1C(=O)Nc1ccc2c(c1)Nc1ccccc1CC2. The maximum absolute atomic E-state index is 13.8. The molecule has 202 valence electrons. The van der Waals surface area contributed by atoms with Gasteiger partial charge in [0.2, 0.25) is 5.91 Å². The number of fused-ring (bicyclic) bond motifs is 2. The van der Waals surface area contributed by atoms with Crippen molar-refractivity contribution in [1.29, 1.82) is 0 Å². The molecular formula is C33H33N5OS. The van der Waals surface area contributed by atoms with Crippen molar-refractivity contribution in [3.8, 4) is 0 Å². The van der Waals surface area contributed by atoms with Crippen LogP contribution in [0, 0.1) is 0 Å². The van der Waals surface area contributed by atoms with Gasteiger partial charge in [-0.2, -0.15) is 0 Å². The second-order valence-corrected chi connectivity index (χ2v) is 11.8. The molecule has 40 heavy (non-hydrogen) atoms. The first-order valence-corrected chi connectivity index (χ1v) is 14.7. The summed E-state index contributed by atoms with van der Waals surface area (Å²) in [6, 6.07) is 26.6. The lowest BCUT2D eigenvalue weighted by molar-refractivity contribution is -0.120. The molecule has 1 amide bonds. The van der Waals surface area contributed by atoms with Crippen molar-refractivity contribution >= 4 is 40.8 Å². The summed E-state index contributed by atoms with van der Waals surface area (Å²) in [5, 5.41) is 7.81. The van der Waals surface area contributed by atoms with Crippen LogP contribution >= 0.6 is 11.8 Å². The molecule has 0 saturated carbocycles. The average molecular weight is 548 g/mol. The monoisotopic (exact) mass is 547 g/mol. The molecule has 0 unspecified atom stereocenters. The van der Waals surface area contributed by atoms with Crippen LogP contribution in [0.15, 0.2) is 102 Å². The summed E-state index contributed by atoms with van der Waals surface area (Å²) in [6.45, 7) is 3.66. The minimum atomic E-state index is -0.243. The Hall–Kier alpha value is -3.94. The summed E-state index contributed by atoms with van der Waals surface area (Å²) in [5.74, 6) is 0.0264. The molecule has 1 aromatic heterocycles. The zero-order valence-electron chi connectivity index (χ0n) is 22.6. The van der Waals surface area contributed by atoms with Gasteiger partial charge in [-0.15, -0.1) is 0 Å². The summed E-state index contributed by atoms with van der Waals surface area (Å²) in [4.78, 5) is 24.9. The number of carbonyl (C=O) groups is 1. The van der Waals surface area contributed by atoms with Gasteiger partial charge in [-0.25, -0.2) is 9.97 Å². The number of aromatic nitrogens is 2. The second kappa shape index (κ2) is 12.1. The fraction of sp³-hybridized carbons (Fsp3) is 0.242. The minimum absolute atomic E-state index is 0.0264. The summed E-state index contributed by atoms with van der Waals surface area (Å²) < 4.78 is 0. The Kier molecular flexibility index (Phi) is 7.93. The first kappa shape index (κ1) is 26.3. The lowest BCUT2D eigenvalue weighted by atomic mass is 10.0. The third-order valence-corrected chi connectivity index (χ3v) is 8.57. The molecule has 0 spiro atoms. The molecule has 7 heteroatoms. The van der Waals surface area contributed by atoms with Crippen molar-refractivity contribution in [1.82, 2.24) is 14.9 Å². The molecule has 3 aromatic carbocycles. The molecule has 2 N–H and O–H groups in total. The van der Waals surface area contributed by atoms with Crippen LogP contribution in [0.1, 0.15) is 30.0 Å². The van der Waals surface area contributed by atoms with Gasteiger partial charge in [0.1, 0.15) is 0 Å². The van der Waals surface area contributed by atoms with Crippen molar-refractivity contribution in [2.45, 2.75) is 42.6 Å². The maximum Gasteiger partial charge on any atom is 0.241 e. The van der Waals surface area contributed by atoms with Crippen LogP contribution in [0.5, 0.6) is 0 Å². The molecule has 6 rings (SSSR count). The topological polar surface area (TPSA) is 70.2 Å². The van der Waals surface area contributed by atoms with E-state index < -0.39 is 0 Å². The molecule has 2 atom stereocenters. The molecule has 1 saturated heterocycles. The summed E-state index contributed by atoms with van der Waals surface area (Å²) in [5.41, 5.74) is 7.97. The number of aryl methyl sites for hydroxylation is 2. The van der Waals surface area contributed by atoms with Crippen molar-refractivity contribution < 1.29 is 4.79 Å². The molecule has 1 fully saturated rings. The van der Waals surface area contributed by atoms with Gasteiger partial charge in [-0.05, 0) is 67.1 Å². The van der Waals surface area contributed by atoms with Gasteiger partial charge in [-0.3, -0.25) is 9.69 Å². The first-order chi connectivity index (χ1) is 19.6. The zero-order valence-corrected chi connectivity index (χ0v) is 23.4. The normalized spacial score (nSPS) is 18.8. The number of para-hydroxylation sites is 1. The van der Waals surface area contributed by atoms with E-state index in [1.807, 2.05) is 30.3 Å². The molecule has 0 aliphatic carbocycles. The van der Waals surface area contributed by atoms with E-state index in [-0.39, 0.29) is 17.2 Å². The van der Waals surface area contributed by atoms with Crippen LogP contribution in [0.4, 0.5) is 17.1 Å². The fourth-order valence-electron chi connectivity index (χ4n) is 5.58. The number of amides is 1. The summed E-state index contributed by atoms with van der Waals surface area (Å²) in [7, 11) is 0. The highest BCUT2D eigenvalue weighted by Crippen LogP contribution is 2.34. The maximum atomic E-state index is 13.8. The van der Waals surface area contributed by atoms with Crippen LogP contribution in [0.2, 0.25) is 0 Å². The van der Waals surface area contributed by atoms with Crippen LogP contribution < -0.4 is 10.6 Å². The summed E-state index contributed by atoms with van der Waals surface area (Å²) in [6.07, 6.45) is 8.44. The highest BCUT2D eigenvalue weighted by atomic mass is 32.2. The van der Waals surface area contributed by atoms with Gasteiger partial charge in [0, 0.05) is 47.8 Å². The second-order valence-electron chi connectivity index (χ2n) is 10.5. The van der Waals surface area contributed by atoms with Gasteiger partial charge in [-0.1, -0.05) is 78.0 Å². The Bertz CT molecular complexity index is 1510. The van der Waals surface area contributed by atoms with E-state index in [0.717, 1.165) is 54.6 Å². The molecule has 0 bridgehead atoms. The first-order valence-electron chi connectivity index (χ1n) is 13.8. The molecule has 2 aliphatic rings. The fourth-order valence-corrected chi connectivity index (χ4v) is 6.66. The lowest BCUT2D eigenvalue weighted by Gasteiger charge is -2.24. The predicted molar refractivity (Wildman–Crippen MR) is 164 cm³/mol. The zero-order chi connectivity index (χ0) is 27.3. The Morgan fingerprint density at radius 3 is 2.55 bits per heavy atom.